The van der Waals surface area contributed by atoms with Gasteiger partial charge in [-0.1, -0.05) is 12.1 Å². The number of nitrogens with zero attached hydrogens (tertiary/aromatic N) is 3. The summed E-state index contributed by atoms with van der Waals surface area (Å²) in [5.74, 6) is 0.0611. The van der Waals surface area contributed by atoms with Gasteiger partial charge in [-0.2, -0.15) is 4.31 Å². The van der Waals surface area contributed by atoms with Gasteiger partial charge in [-0.05, 0) is 24.3 Å². The number of rotatable bonds is 4. The Morgan fingerprint density at radius 1 is 0.938 bits per heavy atom. The number of piperazine rings is 1. The zero-order valence-electron chi connectivity index (χ0n) is 17.1. The zero-order valence-corrected chi connectivity index (χ0v) is 17.9. The van der Waals surface area contributed by atoms with Crippen molar-refractivity contribution in [3.05, 3.63) is 53.0 Å². The molecular weight excluding hydrogens is 438 g/mol. The molecule has 3 heterocycles. The molecule has 168 valence electrons. The third kappa shape index (κ3) is 3.63. The molecule has 32 heavy (non-hydrogen) atoms. The molecule has 0 aliphatic carbocycles. The van der Waals surface area contributed by atoms with E-state index in [1.165, 1.54) is 21.0 Å². The predicted molar refractivity (Wildman–Crippen MR) is 113 cm³/mol. The molecule has 0 unspecified atom stereocenters. The Hall–Kier alpha value is -3.31. The van der Waals surface area contributed by atoms with E-state index in [0.717, 1.165) is 0 Å². The lowest BCUT2D eigenvalue weighted by atomic mass is 10.3. The van der Waals surface area contributed by atoms with Gasteiger partial charge in [0.1, 0.15) is 19.8 Å². The van der Waals surface area contributed by atoms with Crippen molar-refractivity contribution in [2.75, 3.05) is 39.4 Å². The quantitative estimate of drug-likeness (QED) is 0.570. The number of carbonyl (C=O) groups excluding carboxylic acids is 1. The number of fused-ring (bicyclic) bond motifs is 2. The normalized spacial score (nSPS) is 16.9. The number of carbonyl (C=O) groups is 1. The number of para-hydroxylation sites is 2. The third-order valence-corrected chi connectivity index (χ3v) is 7.50. The average Bonchev–Trinajstić information content (AvgIpc) is 3.13. The average molecular weight is 459 g/mol. The molecule has 0 radical (unpaired) electrons. The Balaban J connectivity index is 1.27. The summed E-state index contributed by atoms with van der Waals surface area (Å²) in [6.07, 6.45) is 0. The molecule has 1 aromatic heterocycles. The van der Waals surface area contributed by atoms with E-state index in [4.69, 9.17) is 13.9 Å². The number of hydrogen-bond donors (Lipinski definition) is 0. The van der Waals surface area contributed by atoms with Crippen LogP contribution in [0.25, 0.3) is 11.1 Å². The Labute approximate surface area is 183 Å². The van der Waals surface area contributed by atoms with Crippen molar-refractivity contribution in [3.63, 3.8) is 0 Å². The van der Waals surface area contributed by atoms with Crippen LogP contribution in [0.15, 0.2) is 56.6 Å². The second kappa shape index (κ2) is 7.99. The van der Waals surface area contributed by atoms with Crippen LogP contribution in [0.3, 0.4) is 0 Å². The van der Waals surface area contributed by atoms with Gasteiger partial charge in [0.15, 0.2) is 17.1 Å². The highest BCUT2D eigenvalue weighted by atomic mass is 32.2. The fraction of sp³-hybridized carbons (Fsp3) is 0.333. The maximum absolute atomic E-state index is 13.1. The Kier molecular flexibility index (Phi) is 5.14. The first-order valence-corrected chi connectivity index (χ1v) is 11.6. The van der Waals surface area contributed by atoms with Crippen molar-refractivity contribution in [3.8, 4) is 11.5 Å². The number of oxazole rings is 1. The summed E-state index contributed by atoms with van der Waals surface area (Å²) < 4.78 is 44.9. The summed E-state index contributed by atoms with van der Waals surface area (Å²) in [5.41, 5.74) is 0.964. The minimum Gasteiger partial charge on any atom is -0.486 e. The van der Waals surface area contributed by atoms with E-state index >= 15 is 0 Å². The maximum atomic E-state index is 13.1. The van der Waals surface area contributed by atoms with Gasteiger partial charge >= 0.3 is 5.76 Å². The van der Waals surface area contributed by atoms with Crippen molar-refractivity contribution >= 4 is 27.0 Å². The number of ether oxygens (including phenoxy) is 2. The Morgan fingerprint density at radius 3 is 2.44 bits per heavy atom. The highest BCUT2D eigenvalue weighted by Crippen LogP contribution is 2.33. The fourth-order valence-electron chi connectivity index (χ4n) is 3.91. The number of hydrogen-bond acceptors (Lipinski definition) is 7. The second-order valence-corrected chi connectivity index (χ2v) is 9.45. The molecule has 11 heteroatoms. The van der Waals surface area contributed by atoms with Crippen LogP contribution in [0.5, 0.6) is 11.5 Å². The van der Waals surface area contributed by atoms with E-state index in [-0.39, 0.29) is 43.5 Å². The van der Waals surface area contributed by atoms with E-state index in [9.17, 15) is 18.0 Å². The van der Waals surface area contributed by atoms with Crippen molar-refractivity contribution in [2.24, 2.45) is 0 Å². The number of aromatic nitrogens is 1. The third-order valence-electron chi connectivity index (χ3n) is 5.61. The van der Waals surface area contributed by atoms with E-state index in [2.05, 4.69) is 0 Å². The van der Waals surface area contributed by atoms with Crippen LogP contribution in [-0.4, -0.2) is 67.5 Å². The van der Waals surface area contributed by atoms with Crippen LogP contribution < -0.4 is 15.2 Å². The molecule has 1 saturated heterocycles. The van der Waals surface area contributed by atoms with Gasteiger partial charge in [-0.25, -0.2) is 13.2 Å². The minimum absolute atomic E-state index is 0.123. The summed E-state index contributed by atoms with van der Waals surface area (Å²) in [6.45, 7) is 1.40. The van der Waals surface area contributed by atoms with Crippen LogP contribution in [0.2, 0.25) is 0 Å². The Bertz CT molecular complexity index is 1340. The number of sulfonamides is 1. The standard InChI is InChI=1S/C21H21N3O7S/c25-20(14-24-16-3-1-2-4-17(16)31-21(24)26)22-7-9-23(10-8-22)32(27,28)15-5-6-18-19(13-15)30-12-11-29-18/h1-6,13H,7-12,14H2. The molecule has 3 aromatic rings. The van der Waals surface area contributed by atoms with Crippen molar-refractivity contribution in [2.45, 2.75) is 11.4 Å². The molecule has 10 nitrogen and oxygen atoms in total. The zero-order chi connectivity index (χ0) is 22.3. The van der Waals surface area contributed by atoms with E-state index in [0.29, 0.717) is 35.8 Å². The Morgan fingerprint density at radius 2 is 1.66 bits per heavy atom. The minimum atomic E-state index is -3.74. The van der Waals surface area contributed by atoms with Gasteiger partial charge in [0, 0.05) is 32.2 Å². The van der Waals surface area contributed by atoms with Crippen LogP contribution in [0.4, 0.5) is 0 Å². The molecule has 2 aromatic carbocycles. The summed E-state index contributed by atoms with van der Waals surface area (Å²) in [4.78, 5) is 26.6. The number of amides is 1. The first-order valence-electron chi connectivity index (χ1n) is 10.2. The first-order chi connectivity index (χ1) is 15.4. The maximum Gasteiger partial charge on any atom is 0.420 e. The van der Waals surface area contributed by atoms with Crippen LogP contribution in [0.1, 0.15) is 0 Å². The molecule has 0 spiro atoms. The SMILES string of the molecule is O=C(Cn1c(=O)oc2ccccc21)N1CCN(S(=O)(=O)c2ccc3c(c2)OCCO3)CC1. The summed E-state index contributed by atoms with van der Waals surface area (Å²) in [7, 11) is -3.74. The highest BCUT2D eigenvalue weighted by Gasteiger charge is 2.31. The van der Waals surface area contributed by atoms with Gasteiger partial charge in [0.2, 0.25) is 15.9 Å². The van der Waals surface area contributed by atoms with Gasteiger partial charge in [-0.3, -0.25) is 9.36 Å². The van der Waals surface area contributed by atoms with Gasteiger partial charge in [0.05, 0.1) is 10.4 Å². The number of benzene rings is 2. The van der Waals surface area contributed by atoms with E-state index < -0.39 is 15.8 Å². The molecular formula is C21H21N3O7S. The summed E-state index contributed by atoms with van der Waals surface area (Å²) in [5, 5.41) is 0. The molecule has 0 saturated carbocycles. The topological polar surface area (TPSA) is 111 Å². The molecule has 2 aliphatic heterocycles. The van der Waals surface area contributed by atoms with E-state index in [1.54, 1.807) is 35.2 Å². The predicted octanol–water partition coefficient (Wildman–Crippen LogP) is 0.899. The molecule has 5 rings (SSSR count). The monoisotopic (exact) mass is 459 g/mol. The smallest absolute Gasteiger partial charge is 0.420 e. The van der Waals surface area contributed by atoms with Gasteiger partial charge in [0.25, 0.3) is 0 Å². The van der Waals surface area contributed by atoms with Crippen molar-refractivity contribution < 1.29 is 27.1 Å². The lowest BCUT2D eigenvalue weighted by Crippen LogP contribution is -2.51. The van der Waals surface area contributed by atoms with Crippen LogP contribution >= 0.6 is 0 Å². The van der Waals surface area contributed by atoms with Gasteiger partial charge < -0.3 is 18.8 Å². The molecule has 1 amide bonds. The molecule has 1 fully saturated rings. The lowest BCUT2D eigenvalue weighted by molar-refractivity contribution is -0.133. The van der Waals surface area contributed by atoms with Gasteiger partial charge in [-0.15, -0.1) is 0 Å². The summed E-state index contributed by atoms with van der Waals surface area (Å²) in [6, 6.07) is 11.5. The molecule has 0 atom stereocenters. The molecule has 0 bridgehead atoms. The lowest BCUT2D eigenvalue weighted by Gasteiger charge is -2.34. The van der Waals surface area contributed by atoms with Crippen LogP contribution in [0, 0.1) is 0 Å². The summed E-state index contributed by atoms with van der Waals surface area (Å²) >= 11 is 0. The van der Waals surface area contributed by atoms with E-state index in [1.807, 2.05) is 0 Å². The van der Waals surface area contributed by atoms with Crippen molar-refractivity contribution in [1.82, 2.24) is 13.8 Å². The highest BCUT2D eigenvalue weighted by molar-refractivity contribution is 7.89. The molecule has 2 aliphatic rings. The molecule has 0 N–H and O–H groups in total. The second-order valence-electron chi connectivity index (χ2n) is 7.51. The largest absolute Gasteiger partial charge is 0.486 e. The fourth-order valence-corrected chi connectivity index (χ4v) is 5.35. The first kappa shape index (κ1) is 20.6. The van der Waals surface area contributed by atoms with Crippen molar-refractivity contribution in [1.29, 1.82) is 0 Å². The van der Waals surface area contributed by atoms with Crippen LogP contribution in [-0.2, 0) is 21.4 Å².